The van der Waals surface area contributed by atoms with Gasteiger partial charge in [-0.3, -0.25) is 0 Å². The van der Waals surface area contributed by atoms with E-state index in [2.05, 4.69) is 254 Å². The van der Waals surface area contributed by atoms with Crippen molar-refractivity contribution < 1.29 is 0 Å². The first kappa shape index (κ1) is 37.5. The van der Waals surface area contributed by atoms with Crippen LogP contribution in [0.2, 0.25) is 0 Å². The molecule has 11 aromatic carbocycles. The molecule has 0 aliphatic heterocycles. The van der Waals surface area contributed by atoms with Crippen LogP contribution in [-0.2, 0) is 5.41 Å². The molecule has 0 atom stereocenters. The van der Waals surface area contributed by atoms with Crippen molar-refractivity contribution in [3.63, 3.8) is 0 Å². The lowest BCUT2D eigenvalue weighted by molar-refractivity contribution is 0.768. The molecule has 13 rings (SSSR count). The molecule has 1 heterocycles. The summed E-state index contributed by atoms with van der Waals surface area (Å²) in [5, 5.41) is 7.56. The van der Waals surface area contributed by atoms with E-state index in [4.69, 9.17) is 0 Å². The van der Waals surface area contributed by atoms with Crippen LogP contribution in [0.3, 0.4) is 0 Å². The molecule has 0 spiro atoms. The lowest BCUT2D eigenvalue weighted by Gasteiger charge is -2.34. The summed E-state index contributed by atoms with van der Waals surface area (Å²) in [4.78, 5) is 2.50. The van der Waals surface area contributed by atoms with E-state index in [-0.39, 0.29) is 0 Å². The third kappa shape index (κ3) is 5.92. The van der Waals surface area contributed by atoms with Crippen molar-refractivity contribution >= 4 is 70.1 Å². The Morgan fingerprint density at radius 3 is 1.75 bits per heavy atom. The molecule has 1 aromatic heterocycles. The SMILES string of the molecule is c1ccc(C2(c3ccccc3)c3ccccc3-c3c(N(c4ccc(-c5ccc6cccc(-c7ccc8ccccc8c7)c6c5)cc4)c4ccc5sc6ccccc6c5c4)cccc32)cc1. The van der Waals surface area contributed by atoms with Crippen molar-refractivity contribution in [3.8, 4) is 33.4 Å². The van der Waals surface area contributed by atoms with E-state index in [1.54, 1.807) is 0 Å². The molecule has 0 saturated carbocycles. The minimum atomic E-state index is -0.505. The number of fused-ring (bicyclic) bond motifs is 8. The van der Waals surface area contributed by atoms with E-state index in [1.807, 2.05) is 11.3 Å². The highest BCUT2D eigenvalue weighted by molar-refractivity contribution is 7.25. The summed E-state index contributed by atoms with van der Waals surface area (Å²) in [5.74, 6) is 0. The van der Waals surface area contributed by atoms with Gasteiger partial charge in [-0.1, -0.05) is 194 Å². The molecular weight excluding hydrogens is 803 g/mol. The predicted molar refractivity (Wildman–Crippen MR) is 277 cm³/mol. The third-order valence-corrected chi connectivity index (χ3v) is 14.9. The molecule has 0 N–H and O–H groups in total. The normalized spacial score (nSPS) is 12.7. The number of benzene rings is 11. The quantitative estimate of drug-likeness (QED) is 0.154. The molecule has 0 radical (unpaired) electrons. The Morgan fingerprint density at radius 1 is 0.323 bits per heavy atom. The van der Waals surface area contributed by atoms with Crippen LogP contribution in [0.5, 0.6) is 0 Å². The van der Waals surface area contributed by atoms with Gasteiger partial charge in [-0.2, -0.15) is 0 Å². The maximum absolute atomic E-state index is 2.50. The molecule has 12 aromatic rings. The lowest BCUT2D eigenvalue weighted by atomic mass is 9.68. The van der Waals surface area contributed by atoms with Crippen LogP contribution < -0.4 is 4.90 Å². The van der Waals surface area contributed by atoms with Gasteiger partial charge in [0.25, 0.3) is 0 Å². The Bertz CT molecular complexity index is 3730. The molecule has 1 aliphatic carbocycles. The lowest BCUT2D eigenvalue weighted by Crippen LogP contribution is -2.28. The van der Waals surface area contributed by atoms with Crippen LogP contribution in [0.1, 0.15) is 22.3 Å². The van der Waals surface area contributed by atoms with Gasteiger partial charge in [0.2, 0.25) is 0 Å². The number of anilines is 3. The Labute approximate surface area is 382 Å². The first-order valence-corrected chi connectivity index (χ1v) is 23.2. The summed E-state index contributed by atoms with van der Waals surface area (Å²) >= 11 is 1.86. The van der Waals surface area contributed by atoms with Gasteiger partial charge < -0.3 is 4.90 Å². The summed E-state index contributed by atoms with van der Waals surface area (Å²) < 4.78 is 2.60. The van der Waals surface area contributed by atoms with E-state index in [0.717, 1.165) is 17.1 Å². The fourth-order valence-corrected chi connectivity index (χ4v) is 11.9. The summed E-state index contributed by atoms with van der Waals surface area (Å²) in [7, 11) is 0. The first-order valence-electron chi connectivity index (χ1n) is 22.4. The van der Waals surface area contributed by atoms with Crippen molar-refractivity contribution in [2.45, 2.75) is 5.41 Å². The zero-order chi connectivity index (χ0) is 42.9. The summed E-state index contributed by atoms with van der Waals surface area (Å²) in [6, 6.07) is 92.2. The molecule has 1 aliphatic rings. The standard InChI is InChI=1S/C63H41NS/c1-3-18-48(19-4-1)63(49-20-5-2-6-21-49)57-25-11-9-23-54(57)62-58(63)26-14-27-59(62)64(51-37-38-61-56(41-51)53-22-10-12-28-60(53)65-61)50-35-33-43(34-36-50)46-31-30-44-17-13-24-52(55(44)40-46)47-32-29-42-15-7-8-16-45(42)39-47/h1-41H. The van der Waals surface area contributed by atoms with Gasteiger partial charge in [-0.15, -0.1) is 11.3 Å². The van der Waals surface area contributed by atoms with Gasteiger partial charge in [0.05, 0.1) is 11.1 Å². The minimum Gasteiger partial charge on any atom is -0.310 e. The molecule has 0 fully saturated rings. The average molecular weight is 844 g/mol. The van der Waals surface area contributed by atoms with Crippen LogP contribution in [0.15, 0.2) is 249 Å². The second kappa shape index (κ2) is 15.1. The average Bonchev–Trinajstić information content (AvgIpc) is 3.91. The van der Waals surface area contributed by atoms with Crippen LogP contribution in [0.4, 0.5) is 17.1 Å². The Hall–Kier alpha value is -8.04. The van der Waals surface area contributed by atoms with Gasteiger partial charge in [0.15, 0.2) is 0 Å². The van der Waals surface area contributed by atoms with E-state index in [0.29, 0.717) is 0 Å². The van der Waals surface area contributed by atoms with Crippen molar-refractivity contribution in [3.05, 3.63) is 271 Å². The second-order valence-electron chi connectivity index (χ2n) is 17.2. The van der Waals surface area contributed by atoms with Gasteiger partial charge >= 0.3 is 0 Å². The number of rotatable bonds is 7. The maximum Gasteiger partial charge on any atom is 0.0714 e. The zero-order valence-electron chi connectivity index (χ0n) is 35.5. The third-order valence-electron chi connectivity index (χ3n) is 13.7. The van der Waals surface area contributed by atoms with Crippen molar-refractivity contribution in [1.29, 1.82) is 0 Å². The number of thiophene rings is 1. The zero-order valence-corrected chi connectivity index (χ0v) is 36.3. The smallest absolute Gasteiger partial charge is 0.0714 e. The Kier molecular flexibility index (Phi) is 8.69. The van der Waals surface area contributed by atoms with Crippen LogP contribution in [-0.4, -0.2) is 0 Å². The van der Waals surface area contributed by atoms with Gasteiger partial charge in [-0.05, 0) is 126 Å². The van der Waals surface area contributed by atoms with Crippen LogP contribution >= 0.6 is 11.3 Å². The van der Waals surface area contributed by atoms with Crippen molar-refractivity contribution in [2.75, 3.05) is 4.90 Å². The fourth-order valence-electron chi connectivity index (χ4n) is 10.8. The predicted octanol–water partition coefficient (Wildman–Crippen LogP) is 17.5. The molecule has 0 amide bonds. The summed E-state index contributed by atoms with van der Waals surface area (Å²) in [6.07, 6.45) is 0. The van der Waals surface area contributed by atoms with E-state index >= 15 is 0 Å². The number of hydrogen-bond donors (Lipinski definition) is 0. The van der Waals surface area contributed by atoms with Crippen molar-refractivity contribution in [1.82, 2.24) is 0 Å². The van der Waals surface area contributed by atoms with Crippen LogP contribution in [0.25, 0.3) is 75.1 Å². The summed E-state index contributed by atoms with van der Waals surface area (Å²) in [6.45, 7) is 0. The Morgan fingerprint density at radius 2 is 0.923 bits per heavy atom. The van der Waals surface area contributed by atoms with E-state index in [9.17, 15) is 0 Å². The topological polar surface area (TPSA) is 3.24 Å². The molecule has 304 valence electrons. The molecule has 0 unspecified atom stereocenters. The highest BCUT2D eigenvalue weighted by atomic mass is 32.1. The first-order chi connectivity index (χ1) is 32.2. The molecule has 0 bridgehead atoms. The van der Waals surface area contributed by atoms with E-state index in [1.165, 1.54) is 97.4 Å². The minimum absolute atomic E-state index is 0.505. The second-order valence-corrected chi connectivity index (χ2v) is 18.3. The molecule has 0 saturated heterocycles. The molecule has 2 heteroatoms. The van der Waals surface area contributed by atoms with Gasteiger partial charge in [-0.25, -0.2) is 0 Å². The Balaban J connectivity index is 1.00. The number of hydrogen-bond acceptors (Lipinski definition) is 2. The highest BCUT2D eigenvalue weighted by Gasteiger charge is 2.47. The molecular formula is C63H41NS. The number of nitrogens with zero attached hydrogens (tertiary/aromatic N) is 1. The van der Waals surface area contributed by atoms with Gasteiger partial charge in [0, 0.05) is 37.1 Å². The maximum atomic E-state index is 2.50. The molecule has 65 heavy (non-hydrogen) atoms. The van der Waals surface area contributed by atoms with Crippen molar-refractivity contribution in [2.24, 2.45) is 0 Å². The van der Waals surface area contributed by atoms with Crippen LogP contribution in [0, 0.1) is 0 Å². The summed E-state index contributed by atoms with van der Waals surface area (Å²) in [5.41, 5.74) is 15.4. The largest absolute Gasteiger partial charge is 0.310 e. The fraction of sp³-hybridized carbons (Fsp3) is 0.0159. The molecule has 1 nitrogen and oxygen atoms in total. The van der Waals surface area contributed by atoms with E-state index < -0.39 is 5.41 Å². The monoisotopic (exact) mass is 843 g/mol. The van der Waals surface area contributed by atoms with Gasteiger partial charge in [0.1, 0.15) is 0 Å². The highest BCUT2D eigenvalue weighted by Crippen LogP contribution is 2.59.